The summed E-state index contributed by atoms with van der Waals surface area (Å²) in [6.07, 6.45) is 16.3. The van der Waals surface area contributed by atoms with Gasteiger partial charge in [0.15, 0.2) is 0 Å². The van der Waals surface area contributed by atoms with Crippen molar-refractivity contribution in [3.63, 3.8) is 0 Å². The molecule has 4 aliphatic rings. The average molecular weight is 444 g/mol. The Kier molecular flexibility index (Phi) is 6.99. The van der Waals surface area contributed by atoms with Gasteiger partial charge in [0, 0.05) is 11.6 Å². The quantitative estimate of drug-likeness (QED) is 0.421. The molecule has 0 aliphatic heterocycles. The zero-order chi connectivity index (χ0) is 23.1. The van der Waals surface area contributed by atoms with Gasteiger partial charge < -0.3 is 5.73 Å². The van der Waals surface area contributed by atoms with Crippen molar-refractivity contribution in [1.29, 1.82) is 0 Å². The van der Waals surface area contributed by atoms with Crippen LogP contribution in [0.25, 0.3) is 0 Å². The van der Waals surface area contributed by atoms with E-state index in [-0.39, 0.29) is 0 Å². The Morgan fingerprint density at radius 2 is 1.81 bits per heavy atom. The molecule has 0 spiro atoms. The van der Waals surface area contributed by atoms with E-state index in [1.807, 2.05) is 0 Å². The summed E-state index contributed by atoms with van der Waals surface area (Å²) in [6, 6.07) is -0.531. The molecule has 0 aromatic heterocycles. The Hall–Kier alpha value is -1.06. The maximum atomic E-state index is 11.5. The van der Waals surface area contributed by atoms with Gasteiger partial charge in [0.05, 0.1) is 0 Å². The molecule has 4 nitrogen and oxygen atoms in total. The van der Waals surface area contributed by atoms with Gasteiger partial charge in [-0.25, -0.2) is 10.2 Å². The van der Waals surface area contributed by atoms with E-state index in [4.69, 9.17) is 5.73 Å². The van der Waals surface area contributed by atoms with Crippen LogP contribution in [0.3, 0.4) is 0 Å². The molecular formula is C28H49N3O. The van der Waals surface area contributed by atoms with Crippen LogP contribution in [0, 0.1) is 52.3 Å². The van der Waals surface area contributed by atoms with E-state index in [1.165, 1.54) is 76.3 Å². The number of amides is 2. The SMILES string of the molecule is CC(C)CCCC(C)C1/C(=N/NC(N)=O)CC2C3CCC4CCCCC4(C)C3CCC21C. The first-order valence-electron chi connectivity index (χ1n) is 13.8. The molecule has 8 unspecified atom stereocenters. The van der Waals surface area contributed by atoms with Crippen LogP contribution in [0.2, 0.25) is 0 Å². The summed E-state index contributed by atoms with van der Waals surface area (Å²) in [5.41, 5.74) is 10.2. The number of nitrogens with two attached hydrogens (primary N) is 1. The van der Waals surface area contributed by atoms with Crippen LogP contribution in [0.1, 0.15) is 112 Å². The monoisotopic (exact) mass is 443 g/mol. The number of nitrogens with one attached hydrogen (secondary N) is 1. The topological polar surface area (TPSA) is 67.5 Å². The van der Waals surface area contributed by atoms with Crippen LogP contribution in [0.5, 0.6) is 0 Å². The van der Waals surface area contributed by atoms with Crippen molar-refractivity contribution >= 4 is 11.7 Å². The van der Waals surface area contributed by atoms with Crippen LogP contribution in [-0.2, 0) is 0 Å². The molecule has 4 rings (SSSR count). The van der Waals surface area contributed by atoms with E-state index in [2.05, 4.69) is 45.1 Å². The zero-order valence-electron chi connectivity index (χ0n) is 21.5. The second kappa shape index (κ2) is 9.29. The van der Waals surface area contributed by atoms with Crippen molar-refractivity contribution in [2.24, 2.45) is 63.1 Å². The largest absolute Gasteiger partial charge is 0.350 e. The van der Waals surface area contributed by atoms with Crippen LogP contribution in [-0.4, -0.2) is 11.7 Å². The normalized spacial score (nSPS) is 43.4. The highest BCUT2D eigenvalue weighted by Crippen LogP contribution is 2.67. The number of rotatable bonds is 6. The number of carbonyl (C=O) groups is 1. The van der Waals surface area contributed by atoms with Gasteiger partial charge in [-0.3, -0.25) is 0 Å². The second-order valence-corrected chi connectivity index (χ2v) is 13.0. The molecule has 0 saturated heterocycles. The van der Waals surface area contributed by atoms with Gasteiger partial charge in [0.25, 0.3) is 0 Å². The Labute approximate surface area is 196 Å². The summed E-state index contributed by atoms with van der Waals surface area (Å²) in [5, 5.41) is 4.67. The van der Waals surface area contributed by atoms with E-state index >= 15 is 0 Å². The molecule has 182 valence electrons. The van der Waals surface area contributed by atoms with Crippen molar-refractivity contribution in [2.75, 3.05) is 0 Å². The maximum absolute atomic E-state index is 11.5. The number of hydrogen-bond donors (Lipinski definition) is 2. The predicted molar refractivity (Wildman–Crippen MR) is 133 cm³/mol. The summed E-state index contributed by atoms with van der Waals surface area (Å²) in [5.74, 6) is 5.24. The molecule has 0 heterocycles. The second-order valence-electron chi connectivity index (χ2n) is 13.0. The minimum absolute atomic E-state index is 0.314. The van der Waals surface area contributed by atoms with Gasteiger partial charge >= 0.3 is 6.03 Å². The number of fused-ring (bicyclic) bond motifs is 5. The van der Waals surface area contributed by atoms with Gasteiger partial charge in [-0.15, -0.1) is 0 Å². The number of hydrazone groups is 1. The van der Waals surface area contributed by atoms with Gasteiger partial charge in [-0.1, -0.05) is 66.7 Å². The first-order chi connectivity index (χ1) is 15.2. The standard InChI is InChI=1S/C28H49N3O/c1-18(2)9-8-10-19(3)25-24(30-31-26(29)32)17-23-21-13-12-20-11-6-7-15-27(20,4)22(21)14-16-28(23,25)5/h18-23,25H,6-17H2,1-5H3,(H3,29,31,32)/b30-24+. The summed E-state index contributed by atoms with van der Waals surface area (Å²) in [4.78, 5) is 11.5. The van der Waals surface area contributed by atoms with Crippen molar-refractivity contribution in [2.45, 2.75) is 112 Å². The number of nitrogens with zero attached hydrogens (tertiary/aromatic N) is 1. The Bertz CT molecular complexity index is 717. The third kappa shape index (κ3) is 4.25. The fourth-order valence-electron chi connectivity index (χ4n) is 9.38. The average Bonchev–Trinajstić information content (AvgIpc) is 3.03. The molecule has 3 N–H and O–H groups in total. The van der Waals surface area contributed by atoms with Gasteiger partial charge in [-0.2, -0.15) is 5.10 Å². The third-order valence-electron chi connectivity index (χ3n) is 10.8. The zero-order valence-corrected chi connectivity index (χ0v) is 21.5. The number of urea groups is 1. The highest BCUT2D eigenvalue weighted by Gasteiger charge is 2.61. The summed E-state index contributed by atoms with van der Waals surface area (Å²) in [7, 11) is 0. The van der Waals surface area contributed by atoms with Crippen LogP contribution < -0.4 is 11.2 Å². The van der Waals surface area contributed by atoms with E-state index in [0.29, 0.717) is 28.6 Å². The van der Waals surface area contributed by atoms with Crippen LogP contribution in [0.15, 0.2) is 5.10 Å². The molecule has 2 amide bonds. The van der Waals surface area contributed by atoms with Crippen molar-refractivity contribution < 1.29 is 4.79 Å². The van der Waals surface area contributed by atoms with Crippen molar-refractivity contribution in [3.8, 4) is 0 Å². The molecule has 32 heavy (non-hydrogen) atoms. The number of primary amides is 1. The molecule has 4 aliphatic carbocycles. The van der Waals surface area contributed by atoms with Gasteiger partial charge in [0.2, 0.25) is 0 Å². The molecule has 4 heteroatoms. The molecule has 0 radical (unpaired) electrons. The Morgan fingerprint density at radius 1 is 1.03 bits per heavy atom. The van der Waals surface area contributed by atoms with Crippen molar-refractivity contribution in [3.05, 3.63) is 0 Å². The first kappa shape index (κ1) is 24.1. The highest BCUT2D eigenvalue weighted by atomic mass is 16.2. The third-order valence-corrected chi connectivity index (χ3v) is 10.8. The van der Waals surface area contributed by atoms with Gasteiger partial charge in [0.1, 0.15) is 0 Å². The molecular weight excluding hydrogens is 394 g/mol. The van der Waals surface area contributed by atoms with E-state index in [1.54, 1.807) is 0 Å². The number of hydrogen-bond acceptors (Lipinski definition) is 2. The van der Waals surface area contributed by atoms with Crippen LogP contribution in [0.4, 0.5) is 4.79 Å². The lowest BCUT2D eigenvalue weighted by molar-refractivity contribution is -0.113. The molecule has 0 aromatic carbocycles. The highest BCUT2D eigenvalue weighted by molar-refractivity contribution is 5.91. The van der Waals surface area contributed by atoms with Crippen molar-refractivity contribution in [1.82, 2.24) is 5.43 Å². The predicted octanol–water partition coefficient (Wildman–Crippen LogP) is 7.13. The molecule has 0 aromatic rings. The minimum atomic E-state index is -0.531. The van der Waals surface area contributed by atoms with E-state index in [9.17, 15) is 4.79 Å². The minimum Gasteiger partial charge on any atom is -0.350 e. The fraction of sp³-hybridized carbons (Fsp3) is 0.929. The summed E-state index contributed by atoms with van der Waals surface area (Å²) >= 11 is 0. The molecule has 4 fully saturated rings. The molecule has 8 atom stereocenters. The lowest BCUT2D eigenvalue weighted by atomic mass is 9.44. The lowest BCUT2D eigenvalue weighted by Crippen LogP contribution is -2.53. The smallest absolute Gasteiger partial charge is 0.332 e. The Morgan fingerprint density at radius 3 is 2.53 bits per heavy atom. The van der Waals surface area contributed by atoms with Gasteiger partial charge in [-0.05, 0) is 91.3 Å². The molecule has 4 saturated carbocycles. The first-order valence-corrected chi connectivity index (χ1v) is 13.8. The fourth-order valence-corrected chi connectivity index (χ4v) is 9.38. The van der Waals surface area contributed by atoms with Crippen LogP contribution >= 0.6 is 0 Å². The summed E-state index contributed by atoms with van der Waals surface area (Å²) in [6.45, 7) is 12.3. The van der Waals surface area contributed by atoms with E-state index < -0.39 is 6.03 Å². The molecule has 0 bridgehead atoms. The lowest BCUT2D eigenvalue weighted by Gasteiger charge is -2.60. The van der Waals surface area contributed by atoms with E-state index in [0.717, 1.165) is 30.1 Å². The maximum Gasteiger partial charge on any atom is 0.332 e. The Balaban J connectivity index is 1.59. The number of carbonyl (C=O) groups excluding carboxylic acids is 1. The summed E-state index contributed by atoms with van der Waals surface area (Å²) < 4.78 is 0.